The highest BCUT2D eigenvalue weighted by Crippen LogP contribution is 2.34. The molecule has 7 nitrogen and oxygen atoms in total. The number of hydrogen-bond donors (Lipinski definition) is 2. The lowest BCUT2D eigenvalue weighted by Gasteiger charge is -2.37. The Morgan fingerprint density at radius 1 is 1.55 bits per heavy atom. The number of hydrogen-bond acceptors (Lipinski definition) is 5. The third-order valence-electron chi connectivity index (χ3n) is 4.02. The maximum Gasteiger partial charge on any atom is 0.254 e. The van der Waals surface area contributed by atoms with E-state index in [2.05, 4.69) is 10.3 Å². The Bertz CT molecular complexity index is 563. The van der Waals surface area contributed by atoms with Crippen LogP contribution in [0.4, 0.5) is 5.82 Å². The molecule has 1 aromatic rings. The van der Waals surface area contributed by atoms with Crippen LogP contribution in [0.3, 0.4) is 0 Å². The molecule has 2 rings (SSSR count). The Labute approximate surface area is 129 Å². The minimum atomic E-state index is -0.652. The molecular formula is C15H22N4O3. The summed E-state index contributed by atoms with van der Waals surface area (Å²) in [5.41, 5.74) is 5.26. The van der Waals surface area contributed by atoms with Crippen molar-refractivity contribution in [1.82, 2.24) is 9.88 Å². The maximum absolute atomic E-state index is 12.8. The summed E-state index contributed by atoms with van der Waals surface area (Å²) < 4.78 is 5.26. The van der Waals surface area contributed by atoms with Gasteiger partial charge in [0.05, 0.1) is 18.6 Å². The molecule has 0 aliphatic carbocycles. The summed E-state index contributed by atoms with van der Waals surface area (Å²) in [6.07, 6.45) is 3.23. The van der Waals surface area contributed by atoms with Crippen LogP contribution in [0.1, 0.15) is 29.6 Å². The van der Waals surface area contributed by atoms with Gasteiger partial charge in [-0.2, -0.15) is 0 Å². The summed E-state index contributed by atoms with van der Waals surface area (Å²) in [4.78, 5) is 30.1. The number of nitrogens with two attached hydrogens (primary N) is 1. The van der Waals surface area contributed by atoms with Crippen molar-refractivity contribution in [1.29, 1.82) is 0 Å². The fourth-order valence-electron chi connectivity index (χ4n) is 3.09. The van der Waals surface area contributed by atoms with E-state index in [0.29, 0.717) is 31.0 Å². The van der Waals surface area contributed by atoms with Gasteiger partial charge in [0.15, 0.2) is 0 Å². The zero-order chi connectivity index (χ0) is 16.2. The molecule has 7 heteroatoms. The summed E-state index contributed by atoms with van der Waals surface area (Å²) in [7, 11) is 3.31. The fraction of sp³-hybridized carbons (Fsp3) is 0.533. The first-order chi connectivity index (χ1) is 10.5. The van der Waals surface area contributed by atoms with Crippen LogP contribution in [0.15, 0.2) is 18.3 Å². The van der Waals surface area contributed by atoms with E-state index in [1.54, 1.807) is 37.4 Å². The predicted molar refractivity (Wildman–Crippen MR) is 82.5 cm³/mol. The van der Waals surface area contributed by atoms with E-state index in [-0.39, 0.29) is 12.3 Å². The zero-order valence-electron chi connectivity index (χ0n) is 13.0. The van der Waals surface area contributed by atoms with Crippen LogP contribution < -0.4 is 11.1 Å². The van der Waals surface area contributed by atoms with Crippen molar-refractivity contribution < 1.29 is 14.3 Å². The average Bonchev–Trinajstić information content (AvgIpc) is 2.89. The first-order valence-corrected chi connectivity index (χ1v) is 7.25. The molecule has 1 saturated heterocycles. The van der Waals surface area contributed by atoms with Gasteiger partial charge < -0.3 is 20.7 Å². The lowest BCUT2D eigenvalue weighted by Crippen LogP contribution is -2.52. The molecule has 0 radical (unpaired) electrons. The van der Waals surface area contributed by atoms with E-state index in [9.17, 15) is 9.59 Å². The largest absolute Gasteiger partial charge is 0.382 e. The Balaban J connectivity index is 2.30. The highest BCUT2D eigenvalue weighted by atomic mass is 16.5. The van der Waals surface area contributed by atoms with E-state index >= 15 is 0 Å². The number of rotatable bonds is 6. The quantitative estimate of drug-likeness (QED) is 0.803. The van der Waals surface area contributed by atoms with Gasteiger partial charge in [-0.15, -0.1) is 0 Å². The van der Waals surface area contributed by atoms with Crippen molar-refractivity contribution in [2.24, 2.45) is 5.73 Å². The van der Waals surface area contributed by atoms with Gasteiger partial charge in [-0.1, -0.05) is 0 Å². The number of methoxy groups -OCH3 is 1. The number of nitrogens with zero attached hydrogens (tertiary/aromatic N) is 2. The molecule has 2 heterocycles. The minimum absolute atomic E-state index is 0.108. The van der Waals surface area contributed by atoms with Crippen molar-refractivity contribution in [2.75, 3.05) is 32.6 Å². The van der Waals surface area contributed by atoms with Crippen molar-refractivity contribution >= 4 is 17.6 Å². The van der Waals surface area contributed by atoms with Gasteiger partial charge in [0, 0.05) is 32.5 Å². The molecule has 0 unspecified atom stereocenters. The Hall–Kier alpha value is -2.15. The molecule has 1 aromatic heterocycles. The van der Waals surface area contributed by atoms with E-state index < -0.39 is 11.4 Å². The number of ether oxygens (including phenoxy) is 1. The molecule has 2 amide bonds. The summed E-state index contributed by atoms with van der Waals surface area (Å²) in [5, 5.41) is 2.91. The minimum Gasteiger partial charge on any atom is -0.382 e. The van der Waals surface area contributed by atoms with E-state index in [0.717, 1.165) is 6.42 Å². The van der Waals surface area contributed by atoms with Crippen LogP contribution in [0.2, 0.25) is 0 Å². The SMILES string of the molecule is CNc1cc(C(=O)N2CCC[C@@]2(COC)CC(N)=O)ccn1. The molecule has 22 heavy (non-hydrogen) atoms. The van der Waals surface area contributed by atoms with Crippen molar-refractivity contribution in [2.45, 2.75) is 24.8 Å². The second-order valence-electron chi connectivity index (χ2n) is 5.54. The molecule has 0 saturated carbocycles. The van der Waals surface area contributed by atoms with Gasteiger partial charge in [0.1, 0.15) is 5.82 Å². The van der Waals surface area contributed by atoms with Gasteiger partial charge in [0.25, 0.3) is 5.91 Å². The standard InChI is InChI=1S/C15H22N4O3/c1-17-13-8-11(4-6-18-13)14(21)19-7-3-5-15(19,10-22-2)9-12(16)20/h4,6,8H,3,5,7,9-10H2,1-2H3,(H2,16,20)(H,17,18)/t15-/m0/s1. The monoisotopic (exact) mass is 306 g/mol. The highest BCUT2D eigenvalue weighted by molar-refractivity contribution is 5.96. The normalized spacial score (nSPS) is 20.9. The Morgan fingerprint density at radius 3 is 2.95 bits per heavy atom. The number of amides is 2. The summed E-state index contributed by atoms with van der Waals surface area (Å²) in [5.74, 6) is 0.0642. The molecule has 1 fully saturated rings. The Morgan fingerprint density at radius 2 is 2.32 bits per heavy atom. The first kappa shape index (κ1) is 16.2. The van der Waals surface area contributed by atoms with Crippen molar-refractivity contribution in [3.05, 3.63) is 23.9 Å². The van der Waals surface area contributed by atoms with Gasteiger partial charge in [-0.05, 0) is 25.0 Å². The van der Waals surface area contributed by atoms with Crippen LogP contribution in [0, 0.1) is 0 Å². The second kappa shape index (κ2) is 6.74. The summed E-state index contributed by atoms with van der Waals surface area (Å²) >= 11 is 0. The number of aromatic nitrogens is 1. The number of carbonyl (C=O) groups is 2. The van der Waals surface area contributed by atoms with Crippen LogP contribution in [-0.4, -0.2) is 54.5 Å². The van der Waals surface area contributed by atoms with Gasteiger partial charge in [-0.3, -0.25) is 9.59 Å². The summed E-state index contributed by atoms with van der Waals surface area (Å²) in [6, 6.07) is 3.37. The second-order valence-corrected chi connectivity index (χ2v) is 5.54. The first-order valence-electron chi connectivity index (χ1n) is 7.25. The molecule has 1 aliphatic rings. The van der Waals surface area contributed by atoms with Gasteiger partial charge in [-0.25, -0.2) is 4.98 Å². The lowest BCUT2D eigenvalue weighted by atomic mass is 9.92. The third kappa shape index (κ3) is 3.19. The molecule has 1 aliphatic heterocycles. The van der Waals surface area contributed by atoms with Gasteiger partial charge in [0.2, 0.25) is 5.91 Å². The van der Waals surface area contributed by atoms with E-state index in [4.69, 9.17) is 10.5 Å². The number of likely N-dealkylation sites (tertiary alicyclic amines) is 1. The van der Waals surface area contributed by atoms with Crippen LogP contribution in [0.5, 0.6) is 0 Å². The molecule has 0 bridgehead atoms. The Kier molecular flexibility index (Phi) is 4.97. The van der Waals surface area contributed by atoms with Crippen molar-refractivity contribution in [3.8, 4) is 0 Å². The molecule has 0 aromatic carbocycles. The van der Waals surface area contributed by atoms with Crippen LogP contribution >= 0.6 is 0 Å². The molecular weight excluding hydrogens is 284 g/mol. The molecule has 1 atom stereocenters. The van der Waals surface area contributed by atoms with Crippen LogP contribution in [0.25, 0.3) is 0 Å². The topological polar surface area (TPSA) is 97.5 Å². The van der Waals surface area contributed by atoms with Crippen LogP contribution in [-0.2, 0) is 9.53 Å². The third-order valence-corrected chi connectivity index (χ3v) is 4.02. The summed E-state index contributed by atoms with van der Waals surface area (Å²) in [6.45, 7) is 0.887. The average molecular weight is 306 g/mol. The molecule has 0 spiro atoms. The number of pyridine rings is 1. The fourth-order valence-corrected chi connectivity index (χ4v) is 3.09. The molecule has 3 N–H and O–H groups in total. The highest BCUT2D eigenvalue weighted by Gasteiger charge is 2.45. The van der Waals surface area contributed by atoms with E-state index in [1.807, 2.05) is 0 Å². The van der Waals surface area contributed by atoms with E-state index in [1.165, 1.54) is 0 Å². The molecule has 120 valence electrons. The van der Waals surface area contributed by atoms with Crippen molar-refractivity contribution in [3.63, 3.8) is 0 Å². The maximum atomic E-state index is 12.8. The predicted octanol–water partition coefficient (Wildman–Crippen LogP) is 0.620. The lowest BCUT2D eigenvalue weighted by molar-refractivity contribution is -0.121. The smallest absolute Gasteiger partial charge is 0.254 e. The number of primary amides is 1. The number of nitrogens with one attached hydrogen (secondary N) is 1. The van der Waals surface area contributed by atoms with Gasteiger partial charge >= 0.3 is 0 Å². The number of carbonyl (C=O) groups excluding carboxylic acids is 2. The zero-order valence-corrected chi connectivity index (χ0v) is 13.0. The number of anilines is 1.